The van der Waals surface area contributed by atoms with Gasteiger partial charge in [-0.1, -0.05) is 12.1 Å². The minimum Gasteiger partial charge on any atom is -0.496 e. The molecular formula is C20H18N2O6. The average Bonchev–Trinajstić information content (AvgIpc) is 2.69. The lowest BCUT2D eigenvalue weighted by molar-refractivity contribution is -0.383. The molecule has 0 saturated heterocycles. The number of hydrogen-bond donors (Lipinski definition) is 0. The van der Waals surface area contributed by atoms with E-state index >= 15 is 0 Å². The monoisotopic (exact) mass is 382 g/mol. The predicted molar refractivity (Wildman–Crippen MR) is 103 cm³/mol. The molecule has 8 nitrogen and oxygen atoms in total. The largest absolute Gasteiger partial charge is 0.496 e. The SMILES string of the molecule is COC(=O)c1ccc(Cn2c(C)cc(=O)c3c([N+](=O)[O-])cccc32)c(OC)c1. The van der Waals surface area contributed by atoms with Crippen LogP contribution in [0.15, 0.2) is 47.3 Å². The minimum absolute atomic E-state index is 0.0586. The van der Waals surface area contributed by atoms with E-state index in [2.05, 4.69) is 0 Å². The number of nitro groups is 1. The number of carbonyl (C=O) groups excluding carboxylic acids is 1. The van der Waals surface area contributed by atoms with Crippen molar-refractivity contribution in [2.24, 2.45) is 0 Å². The zero-order valence-electron chi connectivity index (χ0n) is 15.6. The number of esters is 1. The minimum atomic E-state index is -0.560. The molecule has 0 unspecified atom stereocenters. The van der Waals surface area contributed by atoms with Crippen LogP contribution in [0.1, 0.15) is 21.6 Å². The molecule has 0 atom stereocenters. The van der Waals surface area contributed by atoms with Gasteiger partial charge in [-0.15, -0.1) is 0 Å². The van der Waals surface area contributed by atoms with E-state index in [1.165, 1.54) is 26.4 Å². The predicted octanol–water partition coefficient (Wildman–Crippen LogP) is 3.06. The molecule has 0 aliphatic rings. The van der Waals surface area contributed by atoms with Crippen molar-refractivity contribution in [1.29, 1.82) is 0 Å². The number of non-ortho nitro benzene ring substituents is 1. The summed E-state index contributed by atoms with van der Waals surface area (Å²) in [6.45, 7) is 2.06. The number of pyridine rings is 1. The van der Waals surface area contributed by atoms with Gasteiger partial charge in [-0.2, -0.15) is 0 Å². The second-order valence-corrected chi connectivity index (χ2v) is 6.18. The van der Waals surface area contributed by atoms with Crippen LogP contribution in [0, 0.1) is 17.0 Å². The number of nitrogens with zero attached hydrogens (tertiary/aromatic N) is 2. The van der Waals surface area contributed by atoms with Crippen LogP contribution >= 0.6 is 0 Å². The van der Waals surface area contributed by atoms with Gasteiger partial charge >= 0.3 is 5.97 Å². The van der Waals surface area contributed by atoms with E-state index in [1.54, 1.807) is 41.8 Å². The van der Waals surface area contributed by atoms with Crippen LogP contribution in [-0.4, -0.2) is 29.7 Å². The Morgan fingerprint density at radius 2 is 1.93 bits per heavy atom. The van der Waals surface area contributed by atoms with E-state index in [0.717, 1.165) is 5.56 Å². The zero-order valence-corrected chi connectivity index (χ0v) is 15.6. The van der Waals surface area contributed by atoms with Gasteiger partial charge in [0.2, 0.25) is 0 Å². The first kappa shape index (κ1) is 19.1. The van der Waals surface area contributed by atoms with Gasteiger partial charge in [0.05, 0.1) is 36.8 Å². The molecule has 3 rings (SSSR count). The zero-order chi connectivity index (χ0) is 20.4. The maximum absolute atomic E-state index is 12.4. The van der Waals surface area contributed by atoms with Gasteiger partial charge in [-0.25, -0.2) is 4.79 Å². The summed E-state index contributed by atoms with van der Waals surface area (Å²) < 4.78 is 11.9. The average molecular weight is 382 g/mol. The molecular weight excluding hydrogens is 364 g/mol. The molecule has 0 fully saturated rings. The summed E-state index contributed by atoms with van der Waals surface area (Å²) in [5.74, 6) is -0.00922. The highest BCUT2D eigenvalue weighted by atomic mass is 16.6. The van der Waals surface area contributed by atoms with Crippen molar-refractivity contribution in [2.75, 3.05) is 14.2 Å². The molecule has 0 radical (unpaired) electrons. The Morgan fingerprint density at radius 1 is 1.18 bits per heavy atom. The van der Waals surface area contributed by atoms with E-state index in [1.807, 2.05) is 0 Å². The summed E-state index contributed by atoms with van der Waals surface area (Å²) >= 11 is 0. The fourth-order valence-electron chi connectivity index (χ4n) is 3.19. The number of fused-ring (bicyclic) bond motifs is 1. The lowest BCUT2D eigenvalue weighted by Gasteiger charge is -2.17. The van der Waals surface area contributed by atoms with Crippen molar-refractivity contribution in [1.82, 2.24) is 4.57 Å². The Hall–Kier alpha value is -3.68. The molecule has 0 saturated carbocycles. The van der Waals surface area contributed by atoms with Crippen molar-refractivity contribution in [3.8, 4) is 5.75 Å². The van der Waals surface area contributed by atoms with E-state index < -0.39 is 16.3 Å². The summed E-state index contributed by atoms with van der Waals surface area (Å²) in [4.78, 5) is 34.9. The molecule has 0 aliphatic heterocycles. The lowest BCUT2D eigenvalue weighted by atomic mass is 10.1. The molecule has 1 aromatic heterocycles. The highest BCUT2D eigenvalue weighted by Gasteiger charge is 2.19. The number of hydrogen-bond acceptors (Lipinski definition) is 6. The van der Waals surface area contributed by atoms with Crippen LogP contribution in [0.25, 0.3) is 10.9 Å². The molecule has 0 N–H and O–H groups in total. The summed E-state index contributed by atoms with van der Waals surface area (Å²) in [6, 6.07) is 10.8. The third-order valence-electron chi connectivity index (χ3n) is 4.56. The maximum atomic E-state index is 12.4. The number of carbonyl (C=O) groups is 1. The molecule has 1 heterocycles. The Bertz CT molecular complexity index is 1150. The summed E-state index contributed by atoms with van der Waals surface area (Å²) in [7, 11) is 2.78. The second kappa shape index (κ2) is 7.51. The van der Waals surface area contributed by atoms with Gasteiger partial charge in [0.15, 0.2) is 5.43 Å². The standard InChI is InChI=1S/C20H18N2O6/c1-12-9-17(23)19-15(5-4-6-16(19)22(25)26)21(12)11-14-8-7-13(20(24)28-3)10-18(14)27-2/h4-10H,11H2,1-3H3. The number of nitro benzene ring substituents is 1. The van der Waals surface area contributed by atoms with Gasteiger partial charge in [0, 0.05) is 23.4 Å². The van der Waals surface area contributed by atoms with Crippen LogP contribution in [0.2, 0.25) is 0 Å². The Morgan fingerprint density at radius 3 is 2.57 bits per heavy atom. The summed E-state index contributed by atoms with van der Waals surface area (Å²) in [5, 5.41) is 11.4. The molecule has 0 bridgehead atoms. The van der Waals surface area contributed by atoms with E-state index in [4.69, 9.17) is 9.47 Å². The van der Waals surface area contributed by atoms with Crippen LogP contribution < -0.4 is 10.2 Å². The van der Waals surface area contributed by atoms with Crippen LogP contribution in [-0.2, 0) is 11.3 Å². The highest BCUT2D eigenvalue weighted by molar-refractivity contribution is 5.90. The van der Waals surface area contributed by atoms with Crippen molar-refractivity contribution < 1.29 is 19.2 Å². The molecule has 0 spiro atoms. The van der Waals surface area contributed by atoms with Crippen molar-refractivity contribution >= 4 is 22.6 Å². The number of ether oxygens (including phenoxy) is 2. The third kappa shape index (κ3) is 3.32. The Labute approximate surface area is 160 Å². The number of methoxy groups -OCH3 is 2. The number of aryl methyl sites for hydroxylation is 1. The Kier molecular flexibility index (Phi) is 5.12. The van der Waals surface area contributed by atoms with Gasteiger partial charge in [-0.05, 0) is 25.1 Å². The fourth-order valence-corrected chi connectivity index (χ4v) is 3.19. The van der Waals surface area contributed by atoms with E-state index in [-0.39, 0.29) is 11.1 Å². The van der Waals surface area contributed by atoms with Gasteiger partial charge in [0.25, 0.3) is 5.69 Å². The first-order chi connectivity index (χ1) is 13.4. The maximum Gasteiger partial charge on any atom is 0.337 e. The second-order valence-electron chi connectivity index (χ2n) is 6.18. The Balaban J connectivity index is 2.18. The molecule has 8 heteroatoms. The number of benzene rings is 2. The molecule has 144 valence electrons. The molecule has 3 aromatic rings. The normalized spacial score (nSPS) is 10.7. The first-order valence-electron chi connectivity index (χ1n) is 8.40. The van der Waals surface area contributed by atoms with Crippen molar-refractivity contribution in [3.05, 3.63) is 79.6 Å². The highest BCUT2D eigenvalue weighted by Crippen LogP contribution is 2.27. The smallest absolute Gasteiger partial charge is 0.337 e. The quantitative estimate of drug-likeness (QED) is 0.382. The van der Waals surface area contributed by atoms with Crippen LogP contribution in [0.3, 0.4) is 0 Å². The molecule has 2 aromatic carbocycles. The number of aromatic nitrogens is 1. The molecule has 28 heavy (non-hydrogen) atoms. The summed E-state index contributed by atoms with van der Waals surface area (Å²) in [6.07, 6.45) is 0. The van der Waals surface area contributed by atoms with Gasteiger partial charge < -0.3 is 14.0 Å². The fraction of sp³-hybridized carbons (Fsp3) is 0.200. The third-order valence-corrected chi connectivity index (χ3v) is 4.56. The van der Waals surface area contributed by atoms with Crippen molar-refractivity contribution in [2.45, 2.75) is 13.5 Å². The van der Waals surface area contributed by atoms with Crippen LogP contribution in [0.4, 0.5) is 5.69 Å². The molecule has 0 aliphatic carbocycles. The van der Waals surface area contributed by atoms with Gasteiger partial charge in [-0.3, -0.25) is 14.9 Å². The molecule has 0 amide bonds. The van der Waals surface area contributed by atoms with Crippen molar-refractivity contribution in [3.63, 3.8) is 0 Å². The number of rotatable bonds is 5. The lowest BCUT2D eigenvalue weighted by Crippen LogP contribution is -2.14. The van der Waals surface area contributed by atoms with Crippen LogP contribution in [0.5, 0.6) is 5.75 Å². The first-order valence-corrected chi connectivity index (χ1v) is 8.40. The van der Waals surface area contributed by atoms with Gasteiger partial charge in [0.1, 0.15) is 11.1 Å². The van der Waals surface area contributed by atoms with E-state index in [0.29, 0.717) is 29.1 Å². The van der Waals surface area contributed by atoms with E-state index in [9.17, 15) is 19.7 Å². The topological polar surface area (TPSA) is 101 Å². The summed E-state index contributed by atoms with van der Waals surface area (Å²) in [5.41, 5.74) is 1.57.